The minimum Gasteiger partial charge on any atom is -0.324 e. The Morgan fingerprint density at radius 3 is 2.67 bits per heavy atom. The van der Waals surface area contributed by atoms with E-state index >= 15 is 0 Å². The highest BCUT2D eigenvalue weighted by Gasteiger charge is 2.31. The quantitative estimate of drug-likeness (QED) is 0.853. The summed E-state index contributed by atoms with van der Waals surface area (Å²) in [6.07, 6.45) is 1.47. The van der Waals surface area contributed by atoms with E-state index in [9.17, 15) is 10.1 Å². The number of piperidine rings is 1. The molecule has 0 bridgehead atoms. The Morgan fingerprint density at radius 2 is 2.08 bits per heavy atom. The molecule has 0 saturated carbocycles. The number of hydrogen-bond acceptors (Lipinski definition) is 3. The van der Waals surface area contributed by atoms with Gasteiger partial charge in [0, 0.05) is 24.5 Å². The first-order valence-electron chi connectivity index (χ1n) is 8.52. The Morgan fingerprint density at radius 1 is 1.42 bits per heavy atom. The summed E-state index contributed by atoms with van der Waals surface area (Å²) in [7, 11) is 0. The molecule has 0 radical (unpaired) electrons. The third-order valence-electron chi connectivity index (χ3n) is 4.68. The minimum atomic E-state index is -0.291. The van der Waals surface area contributed by atoms with Gasteiger partial charge in [-0.25, -0.2) is 4.79 Å². The number of nitrogens with one attached hydrogen (secondary N) is 1. The second kappa shape index (κ2) is 7.94. The Balaban J connectivity index is 2.00. The van der Waals surface area contributed by atoms with Gasteiger partial charge in [-0.15, -0.1) is 0 Å². The molecule has 1 aliphatic rings. The van der Waals surface area contributed by atoms with E-state index in [0.717, 1.165) is 29.8 Å². The van der Waals surface area contributed by atoms with Crippen LogP contribution in [0.25, 0.3) is 0 Å². The molecule has 0 aliphatic carbocycles. The number of carbonyl (C=O) groups excluding carboxylic acids is 1. The number of urea groups is 1. The molecule has 1 aliphatic heterocycles. The van der Waals surface area contributed by atoms with Gasteiger partial charge in [-0.2, -0.15) is 17.0 Å². The number of nitriles is 1. The van der Waals surface area contributed by atoms with Gasteiger partial charge in [0.05, 0.1) is 11.5 Å². The number of nitrogens with zero attached hydrogens (tertiary/aromatic N) is 2. The number of benzene rings is 1. The van der Waals surface area contributed by atoms with Crippen LogP contribution in [0.1, 0.15) is 44.7 Å². The zero-order valence-electron chi connectivity index (χ0n) is 15.1. The van der Waals surface area contributed by atoms with Gasteiger partial charge in [0.2, 0.25) is 0 Å². The van der Waals surface area contributed by atoms with Crippen molar-refractivity contribution in [3.05, 3.63) is 29.3 Å². The van der Waals surface area contributed by atoms with Crippen molar-refractivity contribution in [3.63, 3.8) is 0 Å². The fourth-order valence-corrected chi connectivity index (χ4v) is 3.57. The van der Waals surface area contributed by atoms with Crippen molar-refractivity contribution < 1.29 is 4.79 Å². The Kier molecular flexibility index (Phi) is 6.17. The van der Waals surface area contributed by atoms with Gasteiger partial charge in [-0.3, -0.25) is 0 Å². The largest absolute Gasteiger partial charge is 0.324 e. The lowest BCUT2D eigenvalue weighted by Crippen LogP contribution is -2.43. The van der Waals surface area contributed by atoms with Crippen LogP contribution in [0, 0.1) is 23.7 Å². The molecule has 0 unspecified atom stereocenters. The van der Waals surface area contributed by atoms with Crippen molar-refractivity contribution in [3.8, 4) is 6.07 Å². The van der Waals surface area contributed by atoms with Crippen LogP contribution in [0.15, 0.2) is 18.2 Å². The van der Waals surface area contributed by atoms with Crippen LogP contribution in [0.4, 0.5) is 10.5 Å². The van der Waals surface area contributed by atoms with Crippen LogP contribution in [0.2, 0.25) is 0 Å². The van der Waals surface area contributed by atoms with Crippen LogP contribution in [0.3, 0.4) is 0 Å². The topological polar surface area (TPSA) is 56.1 Å². The lowest BCUT2D eigenvalue weighted by atomic mass is 9.82. The van der Waals surface area contributed by atoms with Crippen molar-refractivity contribution >= 4 is 23.5 Å². The smallest absolute Gasteiger partial charge is 0.321 e. The second-order valence-corrected chi connectivity index (χ2v) is 8.60. The Hall–Kier alpha value is -1.67. The van der Waals surface area contributed by atoms with Gasteiger partial charge >= 0.3 is 6.03 Å². The van der Waals surface area contributed by atoms with E-state index in [1.807, 2.05) is 35.7 Å². The molecule has 2 amide bonds. The van der Waals surface area contributed by atoms with Crippen molar-refractivity contribution in [1.29, 1.82) is 5.26 Å². The van der Waals surface area contributed by atoms with Crippen molar-refractivity contribution in [2.45, 2.75) is 51.5 Å². The molecule has 5 heteroatoms. The van der Waals surface area contributed by atoms with Crippen molar-refractivity contribution in [2.75, 3.05) is 18.4 Å². The molecule has 1 aromatic rings. The zero-order chi connectivity index (χ0) is 17.7. The van der Waals surface area contributed by atoms with E-state index in [1.165, 1.54) is 5.56 Å². The monoisotopic (exact) mass is 345 g/mol. The SMILES string of the molecule is Cc1c(CSC(C)C)cccc1NC(=O)N1CCC(C)(C#N)CC1. The number of hydrogen-bond donors (Lipinski definition) is 1. The summed E-state index contributed by atoms with van der Waals surface area (Å²) in [6, 6.07) is 8.39. The molecule has 2 rings (SSSR count). The lowest BCUT2D eigenvalue weighted by molar-refractivity contribution is 0.166. The van der Waals surface area contributed by atoms with Gasteiger partial charge in [-0.05, 0) is 49.1 Å². The lowest BCUT2D eigenvalue weighted by Gasteiger charge is -2.35. The highest BCUT2D eigenvalue weighted by molar-refractivity contribution is 7.99. The molecule has 1 N–H and O–H groups in total. The van der Waals surface area contributed by atoms with Gasteiger partial charge in [0.1, 0.15) is 0 Å². The first-order valence-corrected chi connectivity index (χ1v) is 9.57. The summed E-state index contributed by atoms with van der Waals surface area (Å²) in [6.45, 7) is 9.70. The number of anilines is 1. The molecule has 1 aromatic carbocycles. The van der Waals surface area contributed by atoms with Gasteiger partial charge in [-0.1, -0.05) is 26.0 Å². The first-order chi connectivity index (χ1) is 11.3. The van der Waals surface area contributed by atoms with Crippen LogP contribution < -0.4 is 5.32 Å². The standard InChI is InChI=1S/C19H27N3OS/c1-14(2)24-12-16-6-5-7-17(15(16)3)21-18(23)22-10-8-19(4,13-20)9-11-22/h5-7,14H,8-12H2,1-4H3,(H,21,23). The Labute approximate surface area is 149 Å². The fraction of sp³-hybridized carbons (Fsp3) is 0.579. The summed E-state index contributed by atoms with van der Waals surface area (Å²) >= 11 is 1.90. The maximum absolute atomic E-state index is 12.5. The minimum absolute atomic E-state index is 0.0632. The maximum Gasteiger partial charge on any atom is 0.321 e. The predicted molar refractivity (Wildman–Crippen MR) is 101 cm³/mol. The molecule has 1 saturated heterocycles. The van der Waals surface area contributed by atoms with Gasteiger partial charge in [0.25, 0.3) is 0 Å². The summed E-state index contributed by atoms with van der Waals surface area (Å²) in [5.41, 5.74) is 3.00. The van der Waals surface area contributed by atoms with Crippen LogP contribution in [-0.2, 0) is 5.75 Å². The normalized spacial score (nSPS) is 16.8. The molecule has 0 atom stereocenters. The third-order valence-corrected chi connectivity index (χ3v) is 5.83. The van der Waals surface area contributed by atoms with E-state index in [0.29, 0.717) is 18.3 Å². The predicted octanol–water partition coefficient (Wildman–Crippen LogP) is 4.79. The maximum atomic E-state index is 12.5. The summed E-state index contributed by atoms with van der Waals surface area (Å²) in [5.74, 6) is 0.956. The zero-order valence-corrected chi connectivity index (χ0v) is 15.9. The molecular formula is C19H27N3OS. The molecule has 0 aromatic heterocycles. The molecule has 130 valence electrons. The van der Waals surface area contributed by atoms with Crippen molar-refractivity contribution in [1.82, 2.24) is 4.90 Å². The van der Waals surface area contributed by atoms with Gasteiger partial charge in [0.15, 0.2) is 0 Å². The number of rotatable bonds is 4. The molecule has 4 nitrogen and oxygen atoms in total. The first kappa shape index (κ1) is 18.7. The number of thioether (sulfide) groups is 1. The summed E-state index contributed by atoms with van der Waals surface area (Å²) in [4.78, 5) is 14.3. The van der Waals surface area contributed by atoms with E-state index in [4.69, 9.17) is 0 Å². The van der Waals surface area contributed by atoms with Crippen LogP contribution in [-0.4, -0.2) is 29.3 Å². The Bertz CT molecular complexity index is 628. The highest BCUT2D eigenvalue weighted by atomic mass is 32.2. The third kappa shape index (κ3) is 4.67. The molecule has 0 spiro atoms. The van der Waals surface area contributed by atoms with E-state index in [2.05, 4.69) is 38.2 Å². The molecule has 1 heterocycles. The van der Waals surface area contributed by atoms with Crippen LogP contribution >= 0.6 is 11.8 Å². The van der Waals surface area contributed by atoms with Crippen molar-refractivity contribution in [2.24, 2.45) is 5.41 Å². The number of likely N-dealkylation sites (tertiary alicyclic amines) is 1. The average molecular weight is 346 g/mol. The number of carbonyl (C=O) groups is 1. The molecule has 1 fully saturated rings. The van der Waals surface area contributed by atoms with E-state index < -0.39 is 0 Å². The average Bonchev–Trinajstić information content (AvgIpc) is 2.56. The molecular weight excluding hydrogens is 318 g/mol. The summed E-state index contributed by atoms with van der Waals surface area (Å²) < 4.78 is 0. The van der Waals surface area contributed by atoms with E-state index in [1.54, 1.807) is 0 Å². The second-order valence-electron chi connectivity index (χ2n) is 7.04. The van der Waals surface area contributed by atoms with E-state index in [-0.39, 0.29) is 11.4 Å². The fourth-order valence-electron chi connectivity index (χ4n) is 2.74. The van der Waals surface area contributed by atoms with Crippen LogP contribution in [0.5, 0.6) is 0 Å². The highest BCUT2D eigenvalue weighted by Crippen LogP contribution is 2.30. The summed E-state index contributed by atoms with van der Waals surface area (Å²) in [5, 5.41) is 12.8. The number of amides is 2. The molecule has 24 heavy (non-hydrogen) atoms. The van der Waals surface area contributed by atoms with Gasteiger partial charge < -0.3 is 10.2 Å².